The summed E-state index contributed by atoms with van der Waals surface area (Å²) in [6.07, 6.45) is 5.42. The number of aromatic nitrogens is 6. The lowest BCUT2D eigenvalue weighted by Crippen LogP contribution is -2.45. The molecule has 4 aromatic heterocycles. The lowest BCUT2D eigenvalue weighted by atomic mass is 10.1. The molecule has 0 aliphatic carbocycles. The minimum Gasteiger partial charge on any atom is -0.341 e. The zero-order valence-corrected chi connectivity index (χ0v) is 19.4. The number of amides is 1. The molecule has 0 fully saturated rings. The predicted octanol–water partition coefficient (Wildman–Crippen LogP) is 3.62. The molecular formula is C24H25FN8O. The number of aryl methyl sites for hydroxylation is 3. The van der Waals surface area contributed by atoms with E-state index in [9.17, 15) is 9.18 Å². The van der Waals surface area contributed by atoms with Crippen LogP contribution in [-0.4, -0.2) is 46.1 Å². The molecule has 0 aromatic carbocycles. The van der Waals surface area contributed by atoms with Crippen LogP contribution >= 0.6 is 0 Å². The van der Waals surface area contributed by atoms with Crippen molar-refractivity contribution in [2.45, 2.75) is 39.9 Å². The zero-order valence-electron chi connectivity index (χ0n) is 19.4. The standard InChI is InChI=1S/C24H25FN8O/c1-14-10-26-24(29-21-7-8-27-31(21)4)30-22(14)17-9-20-23(34)33(15(2)11-32(20)12-17)13-18-5-6-19(25)16(3)28-18/h5-10,12,15H,11,13H2,1-4H3,(H,26,29,30)/t15-/m1/s1. The van der Waals surface area contributed by atoms with E-state index in [0.29, 0.717) is 36.1 Å². The summed E-state index contributed by atoms with van der Waals surface area (Å²) in [7, 11) is 1.83. The van der Waals surface area contributed by atoms with Crippen molar-refractivity contribution in [2.75, 3.05) is 5.32 Å². The molecule has 1 aliphatic heterocycles. The van der Waals surface area contributed by atoms with Crippen molar-refractivity contribution >= 4 is 17.7 Å². The first-order valence-electron chi connectivity index (χ1n) is 11.0. The van der Waals surface area contributed by atoms with E-state index >= 15 is 0 Å². The number of nitrogens with one attached hydrogen (secondary N) is 1. The van der Waals surface area contributed by atoms with Crippen LogP contribution in [0, 0.1) is 19.7 Å². The molecule has 0 spiro atoms. The van der Waals surface area contributed by atoms with Gasteiger partial charge in [-0.3, -0.25) is 14.5 Å². The van der Waals surface area contributed by atoms with Gasteiger partial charge in [-0.05, 0) is 44.5 Å². The van der Waals surface area contributed by atoms with E-state index in [0.717, 1.165) is 22.6 Å². The lowest BCUT2D eigenvalue weighted by molar-refractivity contribution is 0.0592. The molecule has 174 valence electrons. The van der Waals surface area contributed by atoms with Crippen LogP contribution < -0.4 is 5.32 Å². The Bertz CT molecular complexity index is 1390. The van der Waals surface area contributed by atoms with Crippen LogP contribution in [0.15, 0.2) is 42.9 Å². The van der Waals surface area contributed by atoms with Gasteiger partial charge in [0.15, 0.2) is 0 Å². The molecule has 5 heterocycles. The normalized spacial score (nSPS) is 15.5. The van der Waals surface area contributed by atoms with Crippen molar-refractivity contribution in [1.29, 1.82) is 0 Å². The first-order valence-corrected chi connectivity index (χ1v) is 11.0. The van der Waals surface area contributed by atoms with Gasteiger partial charge in [0.05, 0.1) is 29.8 Å². The van der Waals surface area contributed by atoms with Gasteiger partial charge in [0, 0.05) is 43.7 Å². The fraction of sp³-hybridized carbons (Fsp3) is 0.292. The van der Waals surface area contributed by atoms with Crippen LogP contribution in [0.5, 0.6) is 0 Å². The molecule has 34 heavy (non-hydrogen) atoms. The number of carbonyl (C=O) groups is 1. The van der Waals surface area contributed by atoms with E-state index in [-0.39, 0.29) is 17.8 Å². The fourth-order valence-corrected chi connectivity index (χ4v) is 4.19. The summed E-state index contributed by atoms with van der Waals surface area (Å²) < 4.78 is 17.3. The van der Waals surface area contributed by atoms with Crippen molar-refractivity contribution in [3.63, 3.8) is 0 Å². The van der Waals surface area contributed by atoms with Gasteiger partial charge in [0.25, 0.3) is 5.91 Å². The summed E-state index contributed by atoms with van der Waals surface area (Å²) in [5, 5.41) is 7.32. The number of fused-ring (bicyclic) bond motifs is 1. The third kappa shape index (κ3) is 3.91. The van der Waals surface area contributed by atoms with Gasteiger partial charge in [-0.1, -0.05) is 0 Å². The highest BCUT2D eigenvalue weighted by Gasteiger charge is 2.31. The molecule has 1 aliphatic rings. The van der Waals surface area contributed by atoms with E-state index in [1.165, 1.54) is 6.07 Å². The molecule has 9 nitrogen and oxygen atoms in total. The Morgan fingerprint density at radius 3 is 2.76 bits per heavy atom. The van der Waals surface area contributed by atoms with Crippen molar-refractivity contribution in [1.82, 2.24) is 34.2 Å². The van der Waals surface area contributed by atoms with Crippen molar-refractivity contribution in [3.05, 3.63) is 71.3 Å². The van der Waals surface area contributed by atoms with Gasteiger partial charge < -0.3 is 14.8 Å². The molecule has 0 saturated carbocycles. The number of pyridine rings is 1. The summed E-state index contributed by atoms with van der Waals surface area (Å²) in [5.41, 5.74) is 4.09. The van der Waals surface area contributed by atoms with E-state index in [1.54, 1.807) is 35.0 Å². The molecular weight excluding hydrogens is 435 g/mol. The summed E-state index contributed by atoms with van der Waals surface area (Å²) >= 11 is 0. The van der Waals surface area contributed by atoms with Gasteiger partial charge >= 0.3 is 0 Å². The molecule has 1 N–H and O–H groups in total. The van der Waals surface area contributed by atoms with Crippen LogP contribution in [0.2, 0.25) is 0 Å². The second-order valence-corrected chi connectivity index (χ2v) is 8.61. The minimum atomic E-state index is -0.349. The minimum absolute atomic E-state index is 0.0408. The zero-order chi connectivity index (χ0) is 24.0. The molecule has 1 atom stereocenters. The number of nitrogens with zero attached hydrogens (tertiary/aromatic N) is 7. The van der Waals surface area contributed by atoms with Gasteiger partial charge in [-0.15, -0.1) is 0 Å². The first kappa shape index (κ1) is 21.7. The van der Waals surface area contributed by atoms with Crippen LogP contribution in [-0.2, 0) is 20.1 Å². The van der Waals surface area contributed by atoms with E-state index in [4.69, 9.17) is 4.98 Å². The average molecular weight is 461 g/mol. The molecule has 4 aromatic rings. The van der Waals surface area contributed by atoms with Crippen LogP contribution in [0.1, 0.15) is 34.4 Å². The van der Waals surface area contributed by atoms with E-state index in [1.807, 2.05) is 43.8 Å². The first-order chi connectivity index (χ1) is 16.3. The third-order valence-electron chi connectivity index (χ3n) is 6.09. The maximum atomic E-state index is 13.6. The highest BCUT2D eigenvalue weighted by molar-refractivity contribution is 5.95. The Morgan fingerprint density at radius 1 is 1.21 bits per heavy atom. The smallest absolute Gasteiger partial charge is 0.271 e. The Kier molecular flexibility index (Phi) is 5.35. The number of anilines is 2. The average Bonchev–Trinajstić information content (AvgIpc) is 3.41. The third-order valence-corrected chi connectivity index (χ3v) is 6.09. The second-order valence-electron chi connectivity index (χ2n) is 8.61. The molecule has 10 heteroatoms. The van der Waals surface area contributed by atoms with E-state index < -0.39 is 0 Å². The summed E-state index contributed by atoms with van der Waals surface area (Å²) in [6, 6.07) is 6.69. The van der Waals surface area contributed by atoms with Crippen molar-refractivity contribution in [3.8, 4) is 11.3 Å². The lowest BCUT2D eigenvalue weighted by Gasteiger charge is -2.34. The molecule has 0 unspecified atom stereocenters. The van der Waals surface area contributed by atoms with E-state index in [2.05, 4.69) is 20.4 Å². The van der Waals surface area contributed by atoms with Crippen LogP contribution in [0.3, 0.4) is 0 Å². The largest absolute Gasteiger partial charge is 0.341 e. The summed E-state index contributed by atoms with van der Waals surface area (Å²) in [4.78, 5) is 28.5. The summed E-state index contributed by atoms with van der Waals surface area (Å²) in [5.74, 6) is 0.786. The fourth-order valence-electron chi connectivity index (χ4n) is 4.19. The maximum absolute atomic E-state index is 13.6. The second kappa shape index (κ2) is 8.36. The molecule has 5 rings (SSSR count). The topological polar surface area (TPSA) is 93.8 Å². The van der Waals surface area contributed by atoms with Gasteiger partial charge in [-0.25, -0.2) is 14.4 Å². The molecule has 0 saturated heterocycles. The van der Waals surface area contributed by atoms with Gasteiger partial charge in [-0.2, -0.15) is 5.10 Å². The predicted molar refractivity (Wildman–Crippen MR) is 125 cm³/mol. The van der Waals surface area contributed by atoms with Gasteiger partial charge in [0.1, 0.15) is 17.3 Å². The van der Waals surface area contributed by atoms with Crippen LogP contribution in [0.4, 0.5) is 16.2 Å². The number of rotatable bonds is 5. The maximum Gasteiger partial charge on any atom is 0.271 e. The highest BCUT2D eigenvalue weighted by Crippen LogP contribution is 2.29. The number of hydrogen-bond acceptors (Lipinski definition) is 6. The van der Waals surface area contributed by atoms with Crippen LogP contribution in [0.25, 0.3) is 11.3 Å². The quantitative estimate of drug-likeness (QED) is 0.489. The highest BCUT2D eigenvalue weighted by atomic mass is 19.1. The number of halogens is 1. The molecule has 1 amide bonds. The number of carbonyl (C=O) groups excluding carboxylic acids is 1. The number of hydrogen-bond donors (Lipinski definition) is 1. The SMILES string of the molecule is Cc1cnc(Nc2ccnn2C)nc1-c1cc2n(c1)C[C@@H](C)N(Cc1ccc(F)c(C)n1)C2=O. The van der Waals surface area contributed by atoms with Gasteiger partial charge in [0.2, 0.25) is 5.95 Å². The Morgan fingerprint density at radius 2 is 2.03 bits per heavy atom. The van der Waals surface area contributed by atoms with Crippen molar-refractivity contribution in [2.24, 2.45) is 7.05 Å². The molecule has 0 bridgehead atoms. The molecule has 0 radical (unpaired) electrons. The summed E-state index contributed by atoms with van der Waals surface area (Å²) in [6.45, 7) is 6.54. The Hall–Kier alpha value is -4.08. The Balaban J connectivity index is 1.43. The monoisotopic (exact) mass is 460 g/mol. The van der Waals surface area contributed by atoms with Crippen molar-refractivity contribution < 1.29 is 9.18 Å². The Labute approximate surface area is 196 Å².